The third-order valence-electron chi connectivity index (χ3n) is 6.96. The smallest absolute Gasteiger partial charge is 0.354 e. The first-order chi connectivity index (χ1) is 19.7. The van der Waals surface area contributed by atoms with Crippen LogP contribution in [0.4, 0.5) is 0 Å². The van der Waals surface area contributed by atoms with Crippen LogP contribution in [-0.2, 0) is 9.53 Å². The van der Waals surface area contributed by atoms with E-state index in [0.29, 0.717) is 38.9 Å². The van der Waals surface area contributed by atoms with E-state index in [9.17, 15) is 14.4 Å². The maximum atomic E-state index is 13.4. The molecule has 1 atom stereocenters. The van der Waals surface area contributed by atoms with Gasteiger partial charge in [0.25, 0.3) is 11.8 Å². The highest BCUT2D eigenvalue weighted by Crippen LogP contribution is 2.25. The zero-order valence-corrected chi connectivity index (χ0v) is 23.1. The first-order valence-corrected chi connectivity index (χ1v) is 13.1. The van der Waals surface area contributed by atoms with Gasteiger partial charge >= 0.3 is 5.97 Å². The molecule has 0 radical (unpaired) electrons. The molecule has 0 saturated heterocycles. The zero-order chi connectivity index (χ0) is 29.1. The molecule has 0 aliphatic rings. The van der Waals surface area contributed by atoms with Crippen molar-refractivity contribution in [3.05, 3.63) is 112 Å². The molecule has 0 fully saturated rings. The van der Waals surface area contributed by atoms with Crippen molar-refractivity contribution in [2.45, 2.75) is 26.8 Å². The largest absolute Gasteiger partial charge is 0.464 e. The number of rotatable bonds is 7. The molecule has 1 aromatic heterocycles. The molecule has 0 unspecified atom stereocenters. The minimum atomic E-state index is -0.702. The fourth-order valence-electron chi connectivity index (χ4n) is 4.99. The van der Waals surface area contributed by atoms with Gasteiger partial charge in [-0.1, -0.05) is 48.5 Å². The Balaban J connectivity index is 1.36. The summed E-state index contributed by atoms with van der Waals surface area (Å²) in [4.78, 5) is 39.1. The van der Waals surface area contributed by atoms with E-state index in [1.165, 1.54) is 13.2 Å². The van der Waals surface area contributed by atoms with Gasteiger partial charge in [-0.05, 0) is 84.1 Å². The van der Waals surface area contributed by atoms with Crippen LogP contribution >= 0.6 is 0 Å². The van der Waals surface area contributed by atoms with E-state index >= 15 is 0 Å². The molecule has 5 aromatic rings. The summed E-state index contributed by atoms with van der Waals surface area (Å²) in [6.07, 6.45) is 1.51. The number of hydrogen-bond acceptors (Lipinski definition) is 6. The quantitative estimate of drug-likeness (QED) is 0.191. The molecule has 0 bridgehead atoms. The normalized spacial score (nSPS) is 12.2. The number of carbonyl (C=O) groups is 3. The van der Waals surface area contributed by atoms with Crippen LogP contribution in [0.25, 0.3) is 27.9 Å². The topological polar surface area (TPSA) is 126 Å². The number of fused-ring (bicyclic) bond motifs is 2. The summed E-state index contributed by atoms with van der Waals surface area (Å²) in [6, 6.07) is 22.4. The average Bonchev–Trinajstić information content (AvgIpc) is 3.43. The molecular formula is C32H29N5O4. The average molecular weight is 548 g/mol. The van der Waals surface area contributed by atoms with Gasteiger partial charge in [0.1, 0.15) is 16.7 Å². The second kappa shape index (κ2) is 11.4. The molecule has 2 amide bonds. The summed E-state index contributed by atoms with van der Waals surface area (Å²) in [6.45, 7) is 5.46. The van der Waals surface area contributed by atoms with Crippen LogP contribution < -0.4 is 10.6 Å². The minimum absolute atomic E-state index is 0.0372. The maximum absolute atomic E-state index is 13.4. The molecular weight excluding hydrogens is 518 g/mol. The van der Waals surface area contributed by atoms with Crippen molar-refractivity contribution in [1.82, 2.24) is 26.0 Å². The Morgan fingerprint density at radius 1 is 0.878 bits per heavy atom. The Labute approximate surface area is 236 Å². The van der Waals surface area contributed by atoms with Crippen LogP contribution in [0.3, 0.4) is 0 Å². The van der Waals surface area contributed by atoms with E-state index in [4.69, 9.17) is 4.74 Å². The van der Waals surface area contributed by atoms with Crippen LogP contribution in [0.15, 0.2) is 78.5 Å². The van der Waals surface area contributed by atoms with Gasteiger partial charge in [0.15, 0.2) is 0 Å². The number of hydrogen-bond donors (Lipinski definition) is 3. The van der Waals surface area contributed by atoms with Gasteiger partial charge in [-0.15, -0.1) is 0 Å². The molecule has 0 aliphatic carbocycles. The van der Waals surface area contributed by atoms with E-state index in [-0.39, 0.29) is 17.6 Å². The lowest BCUT2D eigenvalue weighted by atomic mass is 9.97. The van der Waals surface area contributed by atoms with Crippen molar-refractivity contribution in [3.8, 4) is 0 Å². The van der Waals surface area contributed by atoms with E-state index in [2.05, 4.69) is 26.0 Å². The standard InChI is InChI=1S/C32H29N5O4/c1-18-14-23(30(38)33-20(3)24-11-7-9-22-8-5-6-10-25(22)24)15-19(2)29(18)31(39)34-28(32(40)41-4)17-21-12-13-26-27(16-21)36-37-35-26/h5-17,20H,1-4H3,(H,33,38)(H,34,39)(H,35,36,37)/t20-/m1/s1. The number of amides is 2. The molecule has 9 heteroatoms. The molecule has 0 saturated carbocycles. The number of carbonyl (C=O) groups excluding carboxylic acids is 3. The van der Waals surface area contributed by atoms with Crippen LogP contribution in [0, 0.1) is 13.8 Å². The number of aromatic nitrogens is 3. The SMILES string of the molecule is COC(=O)C(=Cc1ccc2n[nH]nc2c1)NC(=O)c1c(C)cc(C(=O)N[C@H](C)c2cccc3ccccc23)cc1C. The number of benzene rings is 4. The second-order valence-corrected chi connectivity index (χ2v) is 9.82. The highest BCUT2D eigenvalue weighted by molar-refractivity contribution is 6.06. The Morgan fingerprint density at radius 2 is 1.59 bits per heavy atom. The number of ether oxygens (including phenoxy) is 1. The van der Waals surface area contributed by atoms with E-state index < -0.39 is 11.9 Å². The third-order valence-corrected chi connectivity index (χ3v) is 6.96. The lowest BCUT2D eigenvalue weighted by molar-refractivity contribution is -0.136. The van der Waals surface area contributed by atoms with Crippen LogP contribution in [0.1, 0.15) is 55.9 Å². The molecule has 1 heterocycles. The van der Waals surface area contributed by atoms with Gasteiger partial charge in [-0.3, -0.25) is 9.59 Å². The van der Waals surface area contributed by atoms with Crippen molar-refractivity contribution in [2.24, 2.45) is 0 Å². The van der Waals surface area contributed by atoms with Gasteiger partial charge in [-0.2, -0.15) is 15.4 Å². The Bertz CT molecular complexity index is 1810. The number of esters is 1. The summed E-state index contributed by atoms with van der Waals surface area (Å²) in [7, 11) is 1.24. The summed E-state index contributed by atoms with van der Waals surface area (Å²) < 4.78 is 4.90. The molecule has 0 aliphatic heterocycles. The van der Waals surface area contributed by atoms with Crippen molar-refractivity contribution in [3.63, 3.8) is 0 Å². The molecule has 5 rings (SSSR count). The molecule has 0 spiro atoms. The van der Waals surface area contributed by atoms with Crippen molar-refractivity contribution in [1.29, 1.82) is 0 Å². The van der Waals surface area contributed by atoms with Gasteiger partial charge in [-0.25, -0.2) is 4.79 Å². The minimum Gasteiger partial charge on any atom is -0.464 e. The number of nitrogens with zero attached hydrogens (tertiary/aromatic N) is 2. The highest BCUT2D eigenvalue weighted by atomic mass is 16.5. The Morgan fingerprint density at radius 3 is 2.34 bits per heavy atom. The molecule has 206 valence electrons. The molecule has 41 heavy (non-hydrogen) atoms. The van der Waals surface area contributed by atoms with E-state index in [1.807, 2.05) is 49.4 Å². The monoisotopic (exact) mass is 547 g/mol. The summed E-state index contributed by atoms with van der Waals surface area (Å²) >= 11 is 0. The number of aromatic amines is 1. The number of H-pyrrole nitrogens is 1. The van der Waals surface area contributed by atoms with Crippen LogP contribution in [0.2, 0.25) is 0 Å². The van der Waals surface area contributed by atoms with Crippen molar-refractivity contribution >= 4 is 45.7 Å². The van der Waals surface area contributed by atoms with Gasteiger partial charge in [0, 0.05) is 11.1 Å². The molecule has 3 N–H and O–H groups in total. The zero-order valence-electron chi connectivity index (χ0n) is 23.1. The van der Waals surface area contributed by atoms with E-state index in [0.717, 1.165) is 16.3 Å². The highest BCUT2D eigenvalue weighted by Gasteiger charge is 2.21. The molecule has 9 nitrogen and oxygen atoms in total. The van der Waals surface area contributed by atoms with Crippen molar-refractivity contribution in [2.75, 3.05) is 7.11 Å². The lowest BCUT2D eigenvalue weighted by Crippen LogP contribution is -2.30. The molecule has 4 aromatic carbocycles. The Kier molecular flexibility index (Phi) is 7.60. The number of nitrogens with one attached hydrogen (secondary N) is 3. The second-order valence-electron chi connectivity index (χ2n) is 9.82. The summed E-state index contributed by atoms with van der Waals surface area (Å²) in [5, 5.41) is 18.6. The fourth-order valence-corrected chi connectivity index (χ4v) is 4.99. The van der Waals surface area contributed by atoms with Gasteiger partial charge in [0.2, 0.25) is 0 Å². The lowest BCUT2D eigenvalue weighted by Gasteiger charge is -2.18. The van der Waals surface area contributed by atoms with Gasteiger partial charge < -0.3 is 15.4 Å². The first-order valence-electron chi connectivity index (χ1n) is 13.1. The number of aryl methyl sites for hydroxylation is 2. The summed E-state index contributed by atoms with van der Waals surface area (Å²) in [5.74, 6) is -1.44. The van der Waals surface area contributed by atoms with E-state index in [1.54, 1.807) is 44.2 Å². The Hall–Kier alpha value is -5.31. The number of methoxy groups -OCH3 is 1. The van der Waals surface area contributed by atoms with Crippen LogP contribution in [-0.4, -0.2) is 40.3 Å². The summed E-state index contributed by atoms with van der Waals surface area (Å²) in [5.41, 5.74) is 4.90. The van der Waals surface area contributed by atoms with Gasteiger partial charge in [0.05, 0.1) is 13.2 Å². The predicted molar refractivity (Wildman–Crippen MR) is 157 cm³/mol. The maximum Gasteiger partial charge on any atom is 0.354 e. The van der Waals surface area contributed by atoms with Crippen molar-refractivity contribution < 1.29 is 19.1 Å². The fraction of sp³-hybridized carbons (Fsp3) is 0.156. The third kappa shape index (κ3) is 5.69. The first kappa shape index (κ1) is 27.3. The van der Waals surface area contributed by atoms with Crippen LogP contribution in [0.5, 0.6) is 0 Å². The predicted octanol–water partition coefficient (Wildman–Crippen LogP) is 5.16.